The van der Waals surface area contributed by atoms with Gasteiger partial charge in [0.1, 0.15) is 11.5 Å². The van der Waals surface area contributed by atoms with Crippen LogP contribution in [0.2, 0.25) is 0 Å². The Morgan fingerprint density at radius 2 is 1.96 bits per heavy atom. The highest BCUT2D eigenvalue weighted by atomic mass is 16.3. The molecule has 1 aliphatic carbocycles. The first kappa shape index (κ1) is 17.4. The Morgan fingerprint density at radius 3 is 2.52 bits per heavy atom. The summed E-state index contributed by atoms with van der Waals surface area (Å²) in [5, 5.41) is 21.1. The number of phenols is 2. The maximum atomic E-state index is 10.5. The third-order valence-corrected chi connectivity index (χ3v) is 4.75. The van der Waals surface area contributed by atoms with Crippen LogP contribution in [0.25, 0.3) is 0 Å². The summed E-state index contributed by atoms with van der Waals surface area (Å²) in [5.41, 5.74) is 4.02. The molecule has 2 atom stereocenters. The van der Waals surface area contributed by atoms with Crippen molar-refractivity contribution in [3.8, 4) is 11.5 Å². The molecular formula is C21H28O2. The summed E-state index contributed by atoms with van der Waals surface area (Å²) in [6.07, 6.45) is 10.1. The molecule has 1 aromatic rings. The second-order valence-corrected chi connectivity index (χ2v) is 6.69. The van der Waals surface area contributed by atoms with Crippen LogP contribution in [0.15, 0.2) is 48.1 Å². The molecule has 0 unspecified atom stereocenters. The topological polar surface area (TPSA) is 40.5 Å². The minimum atomic E-state index is 0.00541. The van der Waals surface area contributed by atoms with Crippen molar-refractivity contribution in [2.24, 2.45) is 5.92 Å². The van der Waals surface area contributed by atoms with E-state index in [9.17, 15) is 10.2 Å². The number of rotatable bonds is 5. The van der Waals surface area contributed by atoms with Crippen LogP contribution in [0.1, 0.15) is 57.1 Å². The Morgan fingerprint density at radius 1 is 1.30 bits per heavy atom. The average Bonchev–Trinajstić information content (AvgIpc) is 2.46. The number of aryl methyl sites for hydroxylation is 1. The molecule has 2 N–H and O–H groups in total. The van der Waals surface area contributed by atoms with Gasteiger partial charge < -0.3 is 10.2 Å². The normalized spacial score (nSPS) is 21.4. The minimum absolute atomic E-state index is 0.00541. The Bertz CT molecular complexity index is 614. The van der Waals surface area contributed by atoms with Crippen molar-refractivity contribution in [3.05, 3.63) is 59.2 Å². The summed E-state index contributed by atoms with van der Waals surface area (Å²) in [4.78, 5) is 0. The van der Waals surface area contributed by atoms with Crippen LogP contribution in [0.4, 0.5) is 0 Å². The lowest BCUT2D eigenvalue weighted by molar-refractivity contribution is 0.406. The zero-order valence-corrected chi connectivity index (χ0v) is 14.5. The summed E-state index contributed by atoms with van der Waals surface area (Å²) >= 11 is 0. The predicted molar refractivity (Wildman–Crippen MR) is 96.9 cm³/mol. The Hall–Kier alpha value is -1.96. The number of phenolic OH excluding ortho intramolecular Hbond substituents is 2. The zero-order chi connectivity index (χ0) is 17.0. The molecule has 2 heteroatoms. The molecule has 0 aliphatic heterocycles. The third-order valence-electron chi connectivity index (χ3n) is 4.75. The summed E-state index contributed by atoms with van der Waals surface area (Å²) in [7, 11) is 0. The first-order chi connectivity index (χ1) is 10.9. The number of benzene rings is 1. The van der Waals surface area contributed by atoms with Crippen LogP contribution < -0.4 is 0 Å². The standard InChI is InChI=1S/C21H28O2/c1-5-6-7-8-16-12-19(22)21(20(23)13-16)18-11-15(4)9-10-17(18)14(2)3/h5-6,11-13,17-18,22-23H,2,7-10H2,1,3-4H3/b6-5+/t17-,18+/m0/s1. The molecule has 23 heavy (non-hydrogen) atoms. The lowest BCUT2D eigenvalue weighted by Crippen LogP contribution is -2.17. The van der Waals surface area contributed by atoms with Crippen LogP contribution in [0, 0.1) is 5.92 Å². The summed E-state index contributed by atoms with van der Waals surface area (Å²) < 4.78 is 0. The van der Waals surface area contributed by atoms with Gasteiger partial charge in [-0.3, -0.25) is 0 Å². The van der Waals surface area contributed by atoms with Crippen molar-refractivity contribution in [1.82, 2.24) is 0 Å². The van der Waals surface area contributed by atoms with Gasteiger partial charge >= 0.3 is 0 Å². The lowest BCUT2D eigenvalue weighted by Gasteiger charge is -2.31. The van der Waals surface area contributed by atoms with Crippen LogP contribution in [-0.4, -0.2) is 10.2 Å². The summed E-state index contributed by atoms with van der Waals surface area (Å²) in [6.45, 7) is 10.2. The van der Waals surface area contributed by atoms with E-state index in [0.717, 1.165) is 36.8 Å². The van der Waals surface area contributed by atoms with Gasteiger partial charge in [0.2, 0.25) is 0 Å². The van der Waals surface area contributed by atoms with Crippen molar-refractivity contribution in [2.75, 3.05) is 0 Å². The van der Waals surface area contributed by atoms with E-state index in [4.69, 9.17) is 0 Å². The zero-order valence-electron chi connectivity index (χ0n) is 14.5. The fraction of sp³-hybridized carbons (Fsp3) is 0.429. The molecule has 2 nitrogen and oxygen atoms in total. The van der Waals surface area contributed by atoms with Crippen LogP contribution >= 0.6 is 0 Å². The van der Waals surface area contributed by atoms with Gasteiger partial charge in [0.25, 0.3) is 0 Å². The van der Waals surface area contributed by atoms with E-state index in [2.05, 4.69) is 25.7 Å². The van der Waals surface area contributed by atoms with Gasteiger partial charge in [0.15, 0.2) is 0 Å². The number of aromatic hydroxyl groups is 2. The molecule has 1 aliphatic rings. The molecule has 0 radical (unpaired) electrons. The number of allylic oxidation sites excluding steroid dienone is 5. The molecule has 0 bridgehead atoms. The quantitative estimate of drug-likeness (QED) is 0.692. The molecule has 0 saturated heterocycles. The maximum absolute atomic E-state index is 10.5. The second kappa shape index (κ2) is 7.54. The smallest absolute Gasteiger partial charge is 0.123 e. The largest absolute Gasteiger partial charge is 0.507 e. The Balaban J connectivity index is 2.37. The molecule has 1 aromatic carbocycles. The number of hydrogen-bond donors (Lipinski definition) is 2. The SMILES string of the molecule is C=C(C)[C@@H]1CCC(C)=C[C@H]1c1c(O)cc(CC/C=C/C)cc1O. The molecule has 2 rings (SSSR count). The highest BCUT2D eigenvalue weighted by Gasteiger charge is 2.29. The van der Waals surface area contributed by atoms with Crippen molar-refractivity contribution in [2.45, 2.75) is 52.4 Å². The van der Waals surface area contributed by atoms with E-state index in [0.29, 0.717) is 5.56 Å². The van der Waals surface area contributed by atoms with Crippen LogP contribution in [0.5, 0.6) is 11.5 Å². The first-order valence-electron chi connectivity index (χ1n) is 8.42. The Labute approximate surface area is 139 Å². The first-order valence-corrected chi connectivity index (χ1v) is 8.42. The molecule has 0 spiro atoms. The lowest BCUT2D eigenvalue weighted by atomic mass is 9.73. The van der Waals surface area contributed by atoms with E-state index in [-0.39, 0.29) is 23.3 Å². The van der Waals surface area contributed by atoms with E-state index >= 15 is 0 Å². The van der Waals surface area contributed by atoms with Gasteiger partial charge in [0.05, 0.1) is 0 Å². The van der Waals surface area contributed by atoms with Gasteiger partial charge in [-0.2, -0.15) is 0 Å². The van der Waals surface area contributed by atoms with E-state index < -0.39 is 0 Å². The van der Waals surface area contributed by atoms with Crippen molar-refractivity contribution >= 4 is 0 Å². The van der Waals surface area contributed by atoms with Crippen LogP contribution in [-0.2, 0) is 6.42 Å². The fourth-order valence-electron chi connectivity index (χ4n) is 3.49. The van der Waals surface area contributed by atoms with E-state index in [1.807, 2.05) is 19.9 Å². The van der Waals surface area contributed by atoms with Crippen molar-refractivity contribution in [1.29, 1.82) is 0 Å². The van der Waals surface area contributed by atoms with Crippen molar-refractivity contribution < 1.29 is 10.2 Å². The molecule has 0 aromatic heterocycles. The van der Waals surface area contributed by atoms with Gasteiger partial charge in [-0.25, -0.2) is 0 Å². The van der Waals surface area contributed by atoms with Crippen LogP contribution in [0.3, 0.4) is 0 Å². The molecule has 124 valence electrons. The van der Waals surface area contributed by atoms with Crippen molar-refractivity contribution in [3.63, 3.8) is 0 Å². The molecular weight excluding hydrogens is 284 g/mol. The summed E-state index contributed by atoms with van der Waals surface area (Å²) in [5.74, 6) is 0.667. The molecule has 0 saturated carbocycles. The maximum Gasteiger partial charge on any atom is 0.123 e. The highest BCUT2D eigenvalue weighted by molar-refractivity contribution is 5.51. The van der Waals surface area contributed by atoms with Gasteiger partial charge in [0, 0.05) is 11.5 Å². The number of hydrogen-bond acceptors (Lipinski definition) is 2. The van der Waals surface area contributed by atoms with Gasteiger partial charge in [-0.15, -0.1) is 0 Å². The predicted octanol–water partition coefficient (Wildman–Crippen LogP) is 5.62. The van der Waals surface area contributed by atoms with Gasteiger partial charge in [-0.1, -0.05) is 36.0 Å². The molecule has 0 heterocycles. The van der Waals surface area contributed by atoms with Gasteiger partial charge in [-0.05, 0) is 70.1 Å². The minimum Gasteiger partial charge on any atom is -0.507 e. The highest BCUT2D eigenvalue weighted by Crippen LogP contribution is 2.46. The van der Waals surface area contributed by atoms with E-state index in [1.54, 1.807) is 12.1 Å². The average molecular weight is 312 g/mol. The molecule has 0 fully saturated rings. The molecule has 0 amide bonds. The van der Waals surface area contributed by atoms with E-state index in [1.165, 1.54) is 5.57 Å². The monoisotopic (exact) mass is 312 g/mol. The fourth-order valence-corrected chi connectivity index (χ4v) is 3.49. The Kier molecular flexibility index (Phi) is 5.70. The third kappa shape index (κ3) is 4.07. The summed E-state index contributed by atoms with van der Waals surface area (Å²) in [6, 6.07) is 3.59. The second-order valence-electron chi connectivity index (χ2n) is 6.69.